The Hall–Kier alpha value is -2.64. The average Bonchev–Trinajstić information content (AvgIpc) is 2.81. The number of pyridine rings is 1. The van der Waals surface area contributed by atoms with Crippen molar-refractivity contribution in [3.63, 3.8) is 0 Å². The fourth-order valence-corrected chi connectivity index (χ4v) is 4.31. The van der Waals surface area contributed by atoms with Crippen LogP contribution in [0.25, 0.3) is 0 Å². The smallest absolute Gasteiger partial charge is 0.259 e. The Balaban J connectivity index is 1.70. The number of benzene rings is 1. The van der Waals surface area contributed by atoms with Gasteiger partial charge in [-0.1, -0.05) is 18.2 Å². The summed E-state index contributed by atoms with van der Waals surface area (Å²) in [7, 11) is 7.34. The number of hydrogen-bond acceptors (Lipinski definition) is 6. The molecule has 7 nitrogen and oxygen atoms in total. The van der Waals surface area contributed by atoms with E-state index in [4.69, 9.17) is 9.47 Å². The van der Waals surface area contributed by atoms with Crippen molar-refractivity contribution < 1.29 is 14.3 Å². The number of nitrogens with zero attached hydrogens (tertiary/aromatic N) is 4. The Bertz CT molecular complexity index is 874. The summed E-state index contributed by atoms with van der Waals surface area (Å²) in [5.41, 5.74) is 1.73. The van der Waals surface area contributed by atoms with Crippen molar-refractivity contribution >= 4 is 5.91 Å². The maximum Gasteiger partial charge on any atom is 0.259 e. The van der Waals surface area contributed by atoms with Crippen LogP contribution in [0.5, 0.6) is 11.6 Å². The van der Waals surface area contributed by atoms with Crippen LogP contribution >= 0.6 is 0 Å². The summed E-state index contributed by atoms with van der Waals surface area (Å²) in [6.07, 6.45) is 3.90. The molecule has 7 heteroatoms. The van der Waals surface area contributed by atoms with Gasteiger partial charge in [-0.25, -0.2) is 4.98 Å². The maximum absolute atomic E-state index is 13.4. The first-order valence-corrected chi connectivity index (χ1v) is 11.3. The van der Waals surface area contributed by atoms with Gasteiger partial charge >= 0.3 is 0 Å². The third-order valence-corrected chi connectivity index (χ3v) is 5.97. The number of likely N-dealkylation sites (N-methyl/N-ethyl adjacent to an activating group) is 1. The summed E-state index contributed by atoms with van der Waals surface area (Å²) < 4.78 is 10.9. The normalized spacial score (nSPS) is 16.7. The van der Waals surface area contributed by atoms with E-state index >= 15 is 0 Å². The van der Waals surface area contributed by atoms with Gasteiger partial charge in [0.1, 0.15) is 11.3 Å². The highest BCUT2D eigenvalue weighted by Gasteiger charge is 2.27. The highest BCUT2D eigenvalue weighted by Crippen LogP contribution is 2.25. The number of amides is 1. The van der Waals surface area contributed by atoms with Crippen LogP contribution in [0.2, 0.25) is 0 Å². The number of carbonyl (C=O) groups is 1. The number of ether oxygens (including phenoxy) is 2. The number of para-hydroxylation sites is 1. The number of carbonyl (C=O) groups excluding carboxylic acids is 1. The molecule has 1 fully saturated rings. The van der Waals surface area contributed by atoms with Crippen LogP contribution in [-0.4, -0.2) is 86.6 Å². The van der Waals surface area contributed by atoms with E-state index in [-0.39, 0.29) is 5.91 Å². The molecule has 0 bridgehead atoms. The Kier molecular flexibility index (Phi) is 8.88. The summed E-state index contributed by atoms with van der Waals surface area (Å²) in [6.45, 7) is 5.11. The highest BCUT2D eigenvalue weighted by molar-refractivity contribution is 5.96. The summed E-state index contributed by atoms with van der Waals surface area (Å²) in [5, 5.41) is 0. The van der Waals surface area contributed by atoms with E-state index in [9.17, 15) is 4.79 Å². The predicted octanol–water partition coefficient (Wildman–Crippen LogP) is 3.01. The molecule has 1 atom stereocenters. The lowest BCUT2D eigenvalue weighted by molar-refractivity contribution is 0.0656. The molecule has 0 unspecified atom stereocenters. The second kappa shape index (κ2) is 11.8. The number of methoxy groups -OCH3 is 2. The van der Waals surface area contributed by atoms with Gasteiger partial charge in [0, 0.05) is 44.5 Å². The van der Waals surface area contributed by atoms with Crippen molar-refractivity contribution in [3.05, 3.63) is 53.7 Å². The zero-order valence-corrected chi connectivity index (χ0v) is 19.8. The van der Waals surface area contributed by atoms with Crippen LogP contribution < -0.4 is 9.47 Å². The summed E-state index contributed by atoms with van der Waals surface area (Å²) in [6, 6.07) is 11.8. The number of rotatable bonds is 10. The molecule has 1 aromatic heterocycles. The first-order chi connectivity index (χ1) is 15.5. The molecule has 0 radical (unpaired) electrons. The van der Waals surface area contributed by atoms with Crippen molar-refractivity contribution in [2.45, 2.75) is 19.4 Å². The van der Waals surface area contributed by atoms with Gasteiger partial charge in [0.15, 0.2) is 0 Å². The third-order valence-electron chi connectivity index (χ3n) is 5.97. The minimum absolute atomic E-state index is 0.0151. The summed E-state index contributed by atoms with van der Waals surface area (Å²) in [5.74, 6) is 1.72. The molecule has 1 saturated heterocycles. The van der Waals surface area contributed by atoms with E-state index in [1.165, 1.54) is 5.56 Å². The molecule has 2 aromatic rings. The van der Waals surface area contributed by atoms with E-state index in [1.54, 1.807) is 32.5 Å². The monoisotopic (exact) mass is 440 g/mol. The van der Waals surface area contributed by atoms with E-state index in [0.29, 0.717) is 23.9 Å². The molecule has 0 spiro atoms. The van der Waals surface area contributed by atoms with Crippen molar-refractivity contribution in [2.24, 2.45) is 5.92 Å². The standard InChI is InChI=1S/C25H36N4O3/c1-27(2)15-16-29(25(30)22-11-7-13-26-24(22)32-4)18-20-9-8-14-28(17-20)19-21-10-5-6-12-23(21)31-3/h5-7,10-13,20H,8-9,14-19H2,1-4H3/t20-/m0/s1. The van der Waals surface area contributed by atoms with Gasteiger partial charge in [-0.15, -0.1) is 0 Å². The molecule has 1 aliphatic heterocycles. The molecule has 1 aliphatic rings. The minimum atomic E-state index is -0.0151. The quantitative estimate of drug-likeness (QED) is 0.566. The number of piperidine rings is 1. The van der Waals surface area contributed by atoms with Crippen LogP contribution in [0.4, 0.5) is 0 Å². The van der Waals surface area contributed by atoms with Crippen LogP contribution in [0.3, 0.4) is 0 Å². The molecule has 1 aromatic carbocycles. The van der Waals surface area contributed by atoms with Gasteiger partial charge in [0.05, 0.1) is 14.2 Å². The Morgan fingerprint density at radius 3 is 2.69 bits per heavy atom. The molecule has 174 valence electrons. The van der Waals surface area contributed by atoms with E-state index in [2.05, 4.69) is 26.9 Å². The van der Waals surface area contributed by atoms with Crippen molar-refractivity contribution in [1.29, 1.82) is 0 Å². The maximum atomic E-state index is 13.4. The highest BCUT2D eigenvalue weighted by atomic mass is 16.5. The minimum Gasteiger partial charge on any atom is -0.496 e. The molecule has 0 aliphatic carbocycles. The SMILES string of the molecule is COc1ccccc1CN1CCC[C@H](CN(CCN(C)C)C(=O)c2cccnc2OC)C1. The average molecular weight is 441 g/mol. The van der Waals surface area contributed by atoms with E-state index in [1.807, 2.05) is 31.1 Å². The van der Waals surface area contributed by atoms with Crippen LogP contribution in [0.1, 0.15) is 28.8 Å². The van der Waals surface area contributed by atoms with Crippen LogP contribution in [-0.2, 0) is 6.54 Å². The number of aromatic nitrogens is 1. The van der Waals surface area contributed by atoms with Crippen molar-refractivity contribution in [2.75, 3.05) is 61.0 Å². The van der Waals surface area contributed by atoms with E-state index < -0.39 is 0 Å². The lowest BCUT2D eigenvalue weighted by atomic mass is 9.96. The second-order valence-corrected chi connectivity index (χ2v) is 8.67. The first-order valence-electron chi connectivity index (χ1n) is 11.3. The largest absolute Gasteiger partial charge is 0.496 e. The molecular weight excluding hydrogens is 404 g/mol. The topological polar surface area (TPSA) is 58.1 Å². The van der Waals surface area contributed by atoms with Crippen molar-refractivity contribution in [1.82, 2.24) is 19.7 Å². The third kappa shape index (κ3) is 6.43. The van der Waals surface area contributed by atoms with Gasteiger partial charge in [0.25, 0.3) is 5.91 Å². The predicted molar refractivity (Wildman–Crippen MR) is 126 cm³/mol. The van der Waals surface area contributed by atoms with Gasteiger partial charge < -0.3 is 19.3 Å². The zero-order valence-electron chi connectivity index (χ0n) is 19.8. The number of likely N-dealkylation sites (tertiary alicyclic amines) is 1. The summed E-state index contributed by atoms with van der Waals surface area (Å²) in [4.78, 5) is 24.2. The van der Waals surface area contributed by atoms with Gasteiger partial charge in [-0.2, -0.15) is 0 Å². The molecule has 1 amide bonds. The lowest BCUT2D eigenvalue weighted by Crippen LogP contribution is -2.44. The zero-order chi connectivity index (χ0) is 22.9. The Morgan fingerprint density at radius 2 is 1.94 bits per heavy atom. The van der Waals surface area contributed by atoms with Crippen LogP contribution in [0.15, 0.2) is 42.6 Å². The fourth-order valence-electron chi connectivity index (χ4n) is 4.31. The van der Waals surface area contributed by atoms with Crippen molar-refractivity contribution in [3.8, 4) is 11.6 Å². The summed E-state index contributed by atoms with van der Waals surface area (Å²) >= 11 is 0. The second-order valence-electron chi connectivity index (χ2n) is 8.67. The Morgan fingerprint density at radius 1 is 1.12 bits per heavy atom. The first kappa shape index (κ1) is 24.0. The van der Waals surface area contributed by atoms with Crippen LogP contribution in [0, 0.1) is 5.92 Å². The van der Waals surface area contributed by atoms with Gasteiger partial charge in [-0.05, 0) is 57.6 Å². The Labute approximate surface area is 191 Å². The van der Waals surface area contributed by atoms with Gasteiger partial charge in [0.2, 0.25) is 5.88 Å². The van der Waals surface area contributed by atoms with Gasteiger partial charge in [-0.3, -0.25) is 9.69 Å². The van der Waals surface area contributed by atoms with E-state index in [0.717, 1.165) is 51.3 Å². The molecular formula is C25H36N4O3. The molecule has 32 heavy (non-hydrogen) atoms. The number of hydrogen-bond donors (Lipinski definition) is 0. The molecule has 0 N–H and O–H groups in total. The molecule has 3 rings (SSSR count). The molecule has 2 heterocycles. The lowest BCUT2D eigenvalue weighted by Gasteiger charge is -2.36. The molecule has 0 saturated carbocycles. The fraction of sp³-hybridized carbons (Fsp3) is 0.520.